The van der Waals surface area contributed by atoms with Crippen LogP contribution in [0.5, 0.6) is 11.5 Å². The van der Waals surface area contributed by atoms with Crippen molar-refractivity contribution in [2.75, 3.05) is 78.8 Å². The van der Waals surface area contributed by atoms with Gasteiger partial charge in [-0.05, 0) is 172 Å². The van der Waals surface area contributed by atoms with Gasteiger partial charge in [-0.2, -0.15) is 20.0 Å². The van der Waals surface area contributed by atoms with Crippen molar-refractivity contribution in [2.45, 2.75) is 111 Å². The van der Waals surface area contributed by atoms with E-state index in [9.17, 15) is 46.5 Å². The number of nitrogens with one attached hydrogen (secondary N) is 6. The van der Waals surface area contributed by atoms with Gasteiger partial charge in [0.2, 0.25) is 31.9 Å². The van der Waals surface area contributed by atoms with E-state index in [-0.39, 0.29) is 98.5 Å². The van der Waals surface area contributed by atoms with E-state index in [1.807, 2.05) is 0 Å². The Hall–Kier alpha value is -6.74. The van der Waals surface area contributed by atoms with Crippen LogP contribution < -0.4 is 40.2 Å². The maximum absolute atomic E-state index is 13.5. The number of halogens is 2. The van der Waals surface area contributed by atoms with Gasteiger partial charge in [-0.1, -0.05) is 23.2 Å². The Balaban J connectivity index is 0.627. The SMILES string of the molecule is N#Cc1cc(Cl)cc2c1CC[C@H]2Oc1ccc(S(=O)(=O)NC2CCCCN(CCOCCNC(=O)NCCCCNC(=O)NCCOCCN3CCCCC(NS(=O)(=O)c4ccc(O[C@@H]5CCc6c(C#N)cc(Cl)cc65)cc4)C3=O)C2=O)cc1. The monoisotopic (exact) mass is 1230 g/mol. The number of urea groups is 2. The zero-order valence-electron chi connectivity index (χ0n) is 46.5. The van der Waals surface area contributed by atoms with Crippen LogP contribution in [0.4, 0.5) is 9.59 Å². The van der Waals surface area contributed by atoms with Crippen LogP contribution in [0.15, 0.2) is 82.6 Å². The predicted molar refractivity (Wildman–Crippen MR) is 311 cm³/mol. The number of hydrogen-bond donors (Lipinski definition) is 6. The Labute approximate surface area is 500 Å². The molecule has 450 valence electrons. The van der Waals surface area contributed by atoms with Crippen molar-refractivity contribution in [1.82, 2.24) is 40.5 Å². The van der Waals surface area contributed by atoms with Crippen molar-refractivity contribution < 1.29 is 55.0 Å². The first kappa shape index (κ1) is 63.3. The molecule has 84 heavy (non-hydrogen) atoms. The van der Waals surface area contributed by atoms with E-state index in [1.165, 1.54) is 24.3 Å². The average Bonchev–Trinajstić information content (AvgIpc) is 3.50. The summed E-state index contributed by atoms with van der Waals surface area (Å²) in [7, 11) is -8.11. The molecule has 0 bridgehead atoms. The summed E-state index contributed by atoms with van der Waals surface area (Å²) >= 11 is 12.5. The topological polar surface area (TPSA) is 300 Å². The molecule has 0 saturated carbocycles. The number of nitrogens with zero attached hydrogens (tertiary/aromatic N) is 4. The van der Waals surface area contributed by atoms with Gasteiger partial charge in [0.05, 0.1) is 59.5 Å². The van der Waals surface area contributed by atoms with E-state index in [1.54, 1.807) is 58.3 Å². The van der Waals surface area contributed by atoms with E-state index in [0.717, 1.165) is 22.3 Å². The number of sulfonamides is 2. The van der Waals surface area contributed by atoms with Gasteiger partial charge in [0.1, 0.15) is 35.8 Å². The van der Waals surface area contributed by atoms with Crippen molar-refractivity contribution in [3.05, 3.63) is 116 Å². The first-order valence-corrected chi connectivity index (χ1v) is 32.0. The lowest BCUT2D eigenvalue weighted by atomic mass is 10.0. The molecular weight excluding hydrogens is 1160 g/mol. The molecule has 2 aliphatic heterocycles. The molecule has 6 N–H and O–H groups in total. The minimum absolute atomic E-state index is 0.00782. The van der Waals surface area contributed by atoms with Crippen LogP contribution >= 0.6 is 23.2 Å². The molecule has 4 aliphatic rings. The molecule has 2 unspecified atom stereocenters. The average molecular weight is 1230 g/mol. The quantitative estimate of drug-likeness (QED) is 0.0357. The zero-order valence-corrected chi connectivity index (χ0v) is 49.6. The van der Waals surface area contributed by atoms with E-state index in [0.29, 0.717) is 136 Å². The standard InChI is InChI=1S/C58H70Cl2N10O12S2/c59-41-33-39(37-61)47-17-19-53(49(47)35-41)81-43-9-13-45(14-10-43)83(75,76)67-51-7-1-5-25-69(55(51)71)27-31-79-29-23-65-57(73)63-21-3-4-22-64-58(74)66-24-30-80-32-28-70-26-6-2-8-52(56(70)72)68-84(77,78)46-15-11-44(12-16-46)82-54-20-18-48-40(38-62)34-42(60)36-50(48)54/h9-16,33-36,51-54,67-68H,1-8,17-32H2,(H2,63,65,73)(H2,64,66,74)/t51?,52?,53-,54-/m1/s1. The third-order valence-corrected chi connectivity index (χ3v) is 18.4. The van der Waals surface area contributed by atoms with E-state index in [4.69, 9.17) is 42.1 Å². The summed E-state index contributed by atoms with van der Waals surface area (Å²) < 4.78 is 82.7. The van der Waals surface area contributed by atoms with Crippen LogP contribution in [-0.2, 0) is 52.0 Å². The van der Waals surface area contributed by atoms with Crippen molar-refractivity contribution in [3.8, 4) is 23.6 Å². The number of fused-ring (bicyclic) bond motifs is 2. The van der Waals surface area contributed by atoms with E-state index < -0.39 is 32.1 Å². The second kappa shape index (κ2) is 30.4. The van der Waals surface area contributed by atoms with Gasteiger partial charge in [-0.15, -0.1) is 0 Å². The van der Waals surface area contributed by atoms with Crippen LogP contribution in [0.2, 0.25) is 10.0 Å². The highest BCUT2D eigenvalue weighted by Crippen LogP contribution is 2.40. The summed E-state index contributed by atoms with van der Waals surface area (Å²) in [6, 6.07) is 20.6. The summed E-state index contributed by atoms with van der Waals surface area (Å²) in [5.74, 6) is 0.246. The second-order valence-electron chi connectivity index (χ2n) is 20.8. The highest BCUT2D eigenvalue weighted by Gasteiger charge is 2.34. The number of likely N-dealkylation sites (tertiary alicyclic amines) is 2. The summed E-state index contributed by atoms with van der Waals surface area (Å²) in [6.07, 6.45) is 6.61. The molecule has 2 aliphatic carbocycles. The fourth-order valence-electron chi connectivity index (χ4n) is 10.7. The van der Waals surface area contributed by atoms with Gasteiger partial charge in [-0.3, -0.25) is 9.59 Å². The predicted octanol–water partition coefficient (Wildman–Crippen LogP) is 6.30. The van der Waals surface area contributed by atoms with Crippen molar-refractivity contribution in [1.29, 1.82) is 10.5 Å². The Morgan fingerprint density at radius 1 is 0.548 bits per heavy atom. The van der Waals surface area contributed by atoms with Gasteiger partial charge >= 0.3 is 12.1 Å². The zero-order chi connectivity index (χ0) is 59.6. The smallest absolute Gasteiger partial charge is 0.314 e. The maximum Gasteiger partial charge on any atom is 0.314 e. The van der Waals surface area contributed by atoms with Crippen LogP contribution in [0.25, 0.3) is 0 Å². The number of carbonyl (C=O) groups excluding carboxylic acids is 4. The number of unbranched alkanes of at least 4 members (excludes halogenated alkanes) is 1. The van der Waals surface area contributed by atoms with Gasteiger partial charge in [0.15, 0.2) is 0 Å². The fraction of sp³-hybridized carbons (Fsp3) is 0.483. The fourth-order valence-corrected chi connectivity index (χ4v) is 13.6. The first-order chi connectivity index (χ1) is 40.5. The van der Waals surface area contributed by atoms with Gasteiger partial charge in [0.25, 0.3) is 0 Å². The third kappa shape index (κ3) is 17.4. The van der Waals surface area contributed by atoms with E-state index >= 15 is 0 Å². The van der Waals surface area contributed by atoms with Crippen molar-refractivity contribution >= 4 is 67.1 Å². The third-order valence-electron chi connectivity index (χ3n) is 15.0. The molecule has 8 rings (SSSR count). The van der Waals surface area contributed by atoms with Crippen LogP contribution in [0, 0.1) is 22.7 Å². The molecule has 2 saturated heterocycles. The number of carbonyl (C=O) groups is 4. The second-order valence-corrected chi connectivity index (χ2v) is 25.1. The maximum atomic E-state index is 13.5. The van der Waals surface area contributed by atoms with Crippen molar-refractivity contribution in [2.24, 2.45) is 0 Å². The van der Waals surface area contributed by atoms with Crippen molar-refractivity contribution in [3.63, 3.8) is 0 Å². The lowest BCUT2D eigenvalue weighted by Crippen LogP contribution is -2.48. The van der Waals surface area contributed by atoms with Gasteiger partial charge in [0, 0.05) is 62.4 Å². The first-order valence-electron chi connectivity index (χ1n) is 28.3. The Morgan fingerprint density at radius 3 is 1.33 bits per heavy atom. The summed E-state index contributed by atoms with van der Waals surface area (Å²) in [6.45, 7) is 3.38. The van der Waals surface area contributed by atoms with E-state index in [2.05, 4.69) is 42.8 Å². The molecule has 22 nitrogen and oxygen atoms in total. The normalized spacial score (nSPS) is 18.8. The number of benzene rings is 4. The molecule has 0 aromatic heterocycles. The largest absolute Gasteiger partial charge is 0.486 e. The molecule has 6 amide bonds. The minimum Gasteiger partial charge on any atom is -0.486 e. The molecular formula is C58H70Cl2N10O12S2. The molecule has 0 radical (unpaired) electrons. The number of hydrogen-bond acceptors (Lipinski definition) is 14. The van der Waals surface area contributed by atoms with Gasteiger partial charge in [-0.25, -0.2) is 26.4 Å². The lowest BCUT2D eigenvalue weighted by Gasteiger charge is -2.25. The number of ether oxygens (including phenoxy) is 4. The Morgan fingerprint density at radius 2 is 0.940 bits per heavy atom. The minimum atomic E-state index is -4.05. The highest BCUT2D eigenvalue weighted by atomic mass is 35.5. The molecule has 26 heteroatoms. The number of nitriles is 2. The summed E-state index contributed by atoms with van der Waals surface area (Å²) in [5, 5.41) is 30.9. The Bertz CT molecular complexity index is 3080. The number of amides is 6. The molecule has 0 spiro atoms. The molecule has 4 aromatic carbocycles. The lowest BCUT2D eigenvalue weighted by molar-refractivity contribution is -0.133. The molecule has 2 heterocycles. The highest BCUT2D eigenvalue weighted by molar-refractivity contribution is 7.89. The summed E-state index contributed by atoms with van der Waals surface area (Å²) in [5.41, 5.74) is 4.53. The molecule has 2 fully saturated rings. The molecule has 4 atom stereocenters. The summed E-state index contributed by atoms with van der Waals surface area (Å²) in [4.78, 5) is 54.8. The molecule has 4 aromatic rings. The van der Waals surface area contributed by atoms with Crippen LogP contribution in [0.1, 0.15) is 110 Å². The van der Waals surface area contributed by atoms with Crippen LogP contribution in [-0.4, -0.2) is 141 Å². The Kier molecular flexibility index (Phi) is 22.9. The number of rotatable bonds is 27. The van der Waals surface area contributed by atoms with Gasteiger partial charge < -0.3 is 50.0 Å². The van der Waals surface area contributed by atoms with Crippen LogP contribution in [0.3, 0.4) is 0 Å².